The van der Waals surface area contributed by atoms with Gasteiger partial charge in [-0.3, -0.25) is 0 Å². The molecule has 1 saturated heterocycles. The number of carbonyl (C=O) groups is 2. The topological polar surface area (TPSA) is 91.7 Å². The molecule has 3 aromatic carbocycles. The maximum Gasteiger partial charge on any atom is 0.336 e. The molecule has 0 amide bonds. The second-order valence-corrected chi connectivity index (χ2v) is 11.7. The van der Waals surface area contributed by atoms with E-state index in [9.17, 15) is 14.9 Å². The fourth-order valence-electron chi connectivity index (χ4n) is 6.85. The summed E-state index contributed by atoms with van der Waals surface area (Å²) >= 11 is 0. The van der Waals surface area contributed by atoms with Crippen LogP contribution in [0.2, 0.25) is 0 Å². The van der Waals surface area contributed by atoms with Gasteiger partial charge in [0.05, 0.1) is 41.9 Å². The largest absolute Gasteiger partial charge is 0.463 e. The summed E-state index contributed by atoms with van der Waals surface area (Å²) in [5, 5.41) is 13.0. The number of piperidine rings is 1. The van der Waals surface area contributed by atoms with Crippen molar-refractivity contribution in [2.24, 2.45) is 0 Å². The van der Waals surface area contributed by atoms with E-state index in [2.05, 4.69) is 76.9 Å². The van der Waals surface area contributed by atoms with Gasteiger partial charge in [-0.1, -0.05) is 78.9 Å². The van der Waals surface area contributed by atoms with Crippen LogP contribution in [0.3, 0.4) is 0 Å². The molecule has 0 spiro atoms. The summed E-state index contributed by atoms with van der Waals surface area (Å²) < 4.78 is 11.2. The third-order valence-electron chi connectivity index (χ3n) is 9.08. The zero-order valence-electron chi connectivity index (χ0n) is 26.3. The number of hydrogen-bond acceptors (Lipinski definition) is 7. The molecule has 1 unspecified atom stereocenters. The lowest BCUT2D eigenvalue weighted by atomic mass is 9.68. The highest BCUT2D eigenvalue weighted by molar-refractivity contribution is 6.00. The van der Waals surface area contributed by atoms with Gasteiger partial charge in [0, 0.05) is 23.4 Å². The molecule has 232 valence electrons. The predicted molar refractivity (Wildman–Crippen MR) is 174 cm³/mol. The number of nitrogens with one attached hydrogen (secondary N) is 1. The molecule has 2 aliphatic heterocycles. The van der Waals surface area contributed by atoms with Crippen LogP contribution in [0.4, 0.5) is 0 Å². The first-order chi connectivity index (χ1) is 21.9. The number of allylic oxidation sites excluding steroid dienone is 2. The highest BCUT2D eigenvalue weighted by Gasteiger charge is 2.40. The lowest BCUT2D eigenvalue weighted by molar-refractivity contribution is -0.140. The Labute approximate surface area is 266 Å². The number of nitrogens with zero attached hydrogens (tertiary/aromatic N) is 2. The molecular formula is C38H41N3O4. The van der Waals surface area contributed by atoms with Crippen LogP contribution in [0.1, 0.15) is 68.2 Å². The Bertz CT molecular complexity index is 1570. The van der Waals surface area contributed by atoms with Gasteiger partial charge < -0.3 is 19.7 Å². The Morgan fingerprint density at radius 1 is 0.844 bits per heavy atom. The summed E-state index contributed by atoms with van der Waals surface area (Å²) in [4.78, 5) is 29.3. The lowest BCUT2D eigenvalue weighted by Crippen LogP contribution is -2.43. The average Bonchev–Trinajstić information content (AvgIpc) is 3.07. The normalized spacial score (nSPS) is 18.1. The summed E-state index contributed by atoms with van der Waals surface area (Å²) in [5.41, 5.74) is 5.48. The predicted octanol–water partition coefficient (Wildman–Crippen LogP) is 6.37. The minimum atomic E-state index is -0.778. The van der Waals surface area contributed by atoms with E-state index in [0.29, 0.717) is 40.1 Å². The summed E-state index contributed by atoms with van der Waals surface area (Å²) in [5.74, 6) is -1.80. The van der Waals surface area contributed by atoms with E-state index in [0.717, 1.165) is 32.5 Å². The first-order valence-corrected chi connectivity index (χ1v) is 15.7. The molecule has 7 nitrogen and oxygen atoms in total. The summed E-state index contributed by atoms with van der Waals surface area (Å²) in [6.07, 6.45) is 2.72. The fraction of sp³-hybridized carbons (Fsp3) is 0.342. The van der Waals surface area contributed by atoms with Crippen LogP contribution in [0.15, 0.2) is 107 Å². The zero-order chi connectivity index (χ0) is 31.8. The van der Waals surface area contributed by atoms with Crippen molar-refractivity contribution in [3.8, 4) is 6.07 Å². The van der Waals surface area contributed by atoms with Crippen molar-refractivity contribution in [3.05, 3.63) is 130 Å². The molecule has 3 aromatic rings. The fourth-order valence-corrected chi connectivity index (χ4v) is 6.85. The number of nitriles is 1. The van der Waals surface area contributed by atoms with Crippen LogP contribution in [0.25, 0.3) is 0 Å². The summed E-state index contributed by atoms with van der Waals surface area (Å²) in [6, 6.07) is 30.8. The van der Waals surface area contributed by atoms with E-state index in [1.807, 2.05) is 0 Å². The molecule has 45 heavy (non-hydrogen) atoms. The first-order valence-electron chi connectivity index (χ1n) is 15.7. The molecule has 1 fully saturated rings. The van der Waals surface area contributed by atoms with Gasteiger partial charge in [-0.15, -0.1) is 0 Å². The highest BCUT2D eigenvalue weighted by atomic mass is 16.5. The van der Waals surface area contributed by atoms with Crippen molar-refractivity contribution in [3.63, 3.8) is 0 Å². The standard InChI is InChI=1S/C38H41N3O4/c1-4-44-36(42)33-27(2)40-28(3)34(35(33)32-19-12-11-14-29(32)26-39)37(43)45-25-13-22-41-23-20-38(21-24-41,30-15-7-5-8-16-30)31-17-9-6-10-18-31/h5-12,14-19,35,40H,4,13,20-25H2,1-3H3. The molecule has 5 rings (SSSR count). The van der Waals surface area contributed by atoms with Gasteiger partial charge in [-0.25, -0.2) is 9.59 Å². The molecule has 2 heterocycles. The maximum atomic E-state index is 13.7. The van der Waals surface area contributed by atoms with Gasteiger partial charge >= 0.3 is 11.9 Å². The average molecular weight is 604 g/mol. The number of likely N-dealkylation sites (tertiary alicyclic amines) is 1. The van der Waals surface area contributed by atoms with Gasteiger partial charge in [0.2, 0.25) is 0 Å². The number of hydrogen-bond donors (Lipinski definition) is 1. The molecular weight excluding hydrogens is 562 g/mol. The molecule has 1 atom stereocenters. The van der Waals surface area contributed by atoms with Crippen LogP contribution in [-0.4, -0.2) is 49.7 Å². The second kappa shape index (κ2) is 14.4. The first kappa shape index (κ1) is 31.7. The molecule has 0 saturated carbocycles. The van der Waals surface area contributed by atoms with E-state index < -0.39 is 17.9 Å². The molecule has 0 aliphatic carbocycles. The number of rotatable bonds is 10. The van der Waals surface area contributed by atoms with Gasteiger partial charge in [0.15, 0.2) is 0 Å². The minimum absolute atomic E-state index is 0.0134. The summed E-state index contributed by atoms with van der Waals surface area (Å²) in [6.45, 7) is 8.48. The van der Waals surface area contributed by atoms with E-state index in [4.69, 9.17) is 9.47 Å². The Kier molecular flexibility index (Phi) is 10.2. The highest BCUT2D eigenvalue weighted by Crippen LogP contribution is 2.42. The Balaban J connectivity index is 1.25. The number of ether oxygens (including phenoxy) is 2. The zero-order valence-corrected chi connectivity index (χ0v) is 26.3. The number of carbonyl (C=O) groups excluding carboxylic acids is 2. The van der Waals surface area contributed by atoms with Crippen molar-refractivity contribution in [1.29, 1.82) is 5.26 Å². The van der Waals surface area contributed by atoms with Crippen LogP contribution in [0, 0.1) is 11.3 Å². The van der Waals surface area contributed by atoms with Crippen LogP contribution >= 0.6 is 0 Å². The molecule has 2 aliphatic rings. The van der Waals surface area contributed by atoms with Crippen molar-refractivity contribution in [2.45, 2.75) is 51.4 Å². The van der Waals surface area contributed by atoms with Gasteiger partial charge in [-0.2, -0.15) is 5.26 Å². The van der Waals surface area contributed by atoms with Crippen LogP contribution in [-0.2, 0) is 24.5 Å². The monoisotopic (exact) mass is 603 g/mol. The Hall–Kier alpha value is -4.67. The van der Waals surface area contributed by atoms with E-state index >= 15 is 0 Å². The molecule has 7 heteroatoms. The van der Waals surface area contributed by atoms with E-state index in [1.54, 1.807) is 45.0 Å². The van der Waals surface area contributed by atoms with Gasteiger partial charge in [0.1, 0.15) is 0 Å². The van der Waals surface area contributed by atoms with Crippen molar-refractivity contribution in [2.75, 3.05) is 32.8 Å². The molecule has 0 radical (unpaired) electrons. The van der Waals surface area contributed by atoms with Gasteiger partial charge in [0.25, 0.3) is 0 Å². The van der Waals surface area contributed by atoms with Crippen molar-refractivity contribution in [1.82, 2.24) is 10.2 Å². The Morgan fingerprint density at radius 2 is 1.38 bits per heavy atom. The maximum absolute atomic E-state index is 13.7. The van der Waals surface area contributed by atoms with Crippen molar-refractivity contribution >= 4 is 11.9 Å². The number of benzene rings is 3. The molecule has 1 N–H and O–H groups in total. The van der Waals surface area contributed by atoms with E-state index in [1.165, 1.54) is 11.1 Å². The summed E-state index contributed by atoms with van der Waals surface area (Å²) in [7, 11) is 0. The second-order valence-electron chi connectivity index (χ2n) is 11.7. The molecule has 0 aromatic heterocycles. The van der Waals surface area contributed by atoms with E-state index in [-0.39, 0.29) is 18.6 Å². The number of esters is 2. The molecule has 0 bridgehead atoms. The minimum Gasteiger partial charge on any atom is -0.463 e. The third kappa shape index (κ3) is 6.72. The SMILES string of the molecule is CCOC(=O)C1=C(C)NC(C)=C(C(=O)OCCCN2CCC(c3ccccc3)(c3ccccc3)CC2)C1c1ccccc1C#N. The third-order valence-corrected chi connectivity index (χ3v) is 9.08. The quantitative estimate of drug-likeness (QED) is 0.213. The van der Waals surface area contributed by atoms with Gasteiger partial charge in [-0.05, 0) is 75.9 Å². The van der Waals surface area contributed by atoms with Crippen LogP contribution < -0.4 is 5.32 Å². The number of dihydropyridines is 1. The van der Waals surface area contributed by atoms with Crippen LogP contribution in [0.5, 0.6) is 0 Å². The Morgan fingerprint density at radius 3 is 1.93 bits per heavy atom. The smallest absolute Gasteiger partial charge is 0.336 e. The lowest BCUT2D eigenvalue weighted by Gasteiger charge is -2.43. The van der Waals surface area contributed by atoms with Crippen molar-refractivity contribution < 1.29 is 19.1 Å².